The van der Waals surface area contributed by atoms with Crippen LogP contribution in [0.4, 0.5) is 9.18 Å². The van der Waals surface area contributed by atoms with Crippen molar-refractivity contribution >= 4 is 12.1 Å². The largest absolute Gasteiger partial charge is 0.480 e. The van der Waals surface area contributed by atoms with Crippen molar-refractivity contribution in [1.82, 2.24) is 5.32 Å². The predicted octanol–water partition coefficient (Wildman–Crippen LogP) is 1.71. The van der Waals surface area contributed by atoms with Gasteiger partial charge in [0.2, 0.25) is 0 Å². The summed E-state index contributed by atoms with van der Waals surface area (Å²) in [4.78, 5) is 21.5. The van der Waals surface area contributed by atoms with Gasteiger partial charge in [0.15, 0.2) is 0 Å². The molecule has 0 aromatic carbocycles. The molecule has 0 bridgehead atoms. The van der Waals surface area contributed by atoms with Crippen LogP contribution in [-0.4, -0.2) is 36.5 Å². The number of amides is 1. The van der Waals surface area contributed by atoms with Crippen LogP contribution in [0.5, 0.6) is 0 Å². The average Bonchev–Trinajstić information content (AvgIpc) is 2.24. The highest BCUT2D eigenvalue weighted by Crippen LogP contribution is 2.11. The van der Waals surface area contributed by atoms with Gasteiger partial charge in [0.1, 0.15) is 12.2 Å². The van der Waals surface area contributed by atoms with Gasteiger partial charge in [-0.05, 0) is 6.42 Å². The highest BCUT2D eigenvalue weighted by molar-refractivity contribution is 5.79. The molecule has 1 amide bonds. The van der Waals surface area contributed by atoms with E-state index in [1.54, 1.807) is 0 Å². The fourth-order valence-corrected chi connectivity index (χ4v) is 1.22. The molecule has 0 heterocycles. The van der Waals surface area contributed by atoms with Crippen LogP contribution >= 0.6 is 0 Å². The van der Waals surface area contributed by atoms with Gasteiger partial charge < -0.3 is 15.2 Å². The molecular formula is C10H18FNO4. The third-order valence-electron chi connectivity index (χ3n) is 2.14. The molecule has 0 aromatic rings. The molecule has 94 valence electrons. The second-order valence-corrected chi connectivity index (χ2v) is 3.50. The summed E-state index contributed by atoms with van der Waals surface area (Å²) >= 11 is 0. The number of methoxy groups -OCH3 is 1. The maximum absolute atomic E-state index is 13.3. The number of unbranched alkanes of at least 4 members (excludes halogenated alkanes) is 1. The Morgan fingerprint density at radius 2 is 2.12 bits per heavy atom. The van der Waals surface area contributed by atoms with Crippen molar-refractivity contribution in [2.45, 2.75) is 44.8 Å². The quantitative estimate of drug-likeness (QED) is 0.704. The maximum atomic E-state index is 13.3. The molecule has 16 heavy (non-hydrogen) atoms. The smallest absolute Gasteiger partial charge is 0.407 e. The van der Waals surface area contributed by atoms with Gasteiger partial charge in [0.05, 0.1) is 7.11 Å². The molecule has 0 radical (unpaired) electrons. The van der Waals surface area contributed by atoms with Crippen molar-refractivity contribution in [3.8, 4) is 0 Å². The fraction of sp³-hybridized carbons (Fsp3) is 0.800. The molecule has 0 rings (SSSR count). The van der Waals surface area contributed by atoms with Crippen molar-refractivity contribution in [1.29, 1.82) is 0 Å². The molecule has 0 aliphatic rings. The number of carboxylic acid groups (broad SMARTS) is 1. The molecular weight excluding hydrogens is 217 g/mol. The predicted molar refractivity (Wildman–Crippen MR) is 56.0 cm³/mol. The molecule has 1 unspecified atom stereocenters. The van der Waals surface area contributed by atoms with Crippen LogP contribution in [0.1, 0.15) is 32.6 Å². The summed E-state index contributed by atoms with van der Waals surface area (Å²) < 4.78 is 17.6. The minimum absolute atomic E-state index is 0.232. The molecule has 0 saturated carbocycles. The lowest BCUT2D eigenvalue weighted by Crippen LogP contribution is -2.42. The summed E-state index contributed by atoms with van der Waals surface area (Å²) in [6.07, 6.45) is -0.463. The van der Waals surface area contributed by atoms with Crippen molar-refractivity contribution in [3.63, 3.8) is 0 Å². The van der Waals surface area contributed by atoms with Crippen LogP contribution in [0.3, 0.4) is 0 Å². The average molecular weight is 235 g/mol. The highest BCUT2D eigenvalue weighted by Gasteiger charge is 2.24. The zero-order valence-corrected chi connectivity index (χ0v) is 9.53. The third-order valence-corrected chi connectivity index (χ3v) is 2.14. The number of alkyl carbamates (subject to hydrolysis) is 1. The Kier molecular flexibility index (Phi) is 7.24. The SMILES string of the molecule is CCCCC(F)C[C@@H](NC(=O)OC)C(=O)O. The third kappa shape index (κ3) is 6.21. The maximum Gasteiger partial charge on any atom is 0.407 e. The number of aliphatic carboxylic acids is 1. The van der Waals surface area contributed by atoms with E-state index in [1.165, 1.54) is 0 Å². The second-order valence-electron chi connectivity index (χ2n) is 3.50. The van der Waals surface area contributed by atoms with Crippen LogP contribution in [-0.2, 0) is 9.53 Å². The van der Waals surface area contributed by atoms with Crippen molar-refractivity contribution < 1.29 is 23.8 Å². The molecule has 0 aliphatic carbocycles. The summed E-state index contributed by atoms with van der Waals surface area (Å²) in [5.74, 6) is -1.26. The molecule has 2 atom stereocenters. The standard InChI is InChI=1S/C10H18FNO4/c1-3-4-5-7(11)6-8(9(13)14)12-10(15)16-2/h7-8H,3-6H2,1-2H3,(H,12,15)(H,13,14)/t7?,8-/m1/s1. The minimum Gasteiger partial charge on any atom is -0.480 e. The molecule has 5 nitrogen and oxygen atoms in total. The number of halogens is 1. The van der Waals surface area contributed by atoms with Crippen molar-refractivity contribution in [3.05, 3.63) is 0 Å². The van der Waals surface area contributed by atoms with Crippen LogP contribution < -0.4 is 5.32 Å². The van der Waals surface area contributed by atoms with Gasteiger partial charge in [-0.3, -0.25) is 0 Å². The lowest BCUT2D eigenvalue weighted by Gasteiger charge is -2.15. The van der Waals surface area contributed by atoms with Crippen LogP contribution in [0.2, 0.25) is 0 Å². The summed E-state index contributed by atoms with van der Waals surface area (Å²) in [6, 6.07) is -1.24. The Balaban J connectivity index is 4.12. The van der Waals surface area contributed by atoms with Gasteiger partial charge in [-0.25, -0.2) is 14.0 Å². The number of carboxylic acids is 1. The fourth-order valence-electron chi connectivity index (χ4n) is 1.22. The lowest BCUT2D eigenvalue weighted by atomic mass is 10.1. The van der Waals surface area contributed by atoms with Crippen LogP contribution in [0, 0.1) is 0 Å². The number of hydrogen-bond donors (Lipinski definition) is 2. The van der Waals surface area contributed by atoms with E-state index in [9.17, 15) is 14.0 Å². The topological polar surface area (TPSA) is 75.6 Å². The van der Waals surface area contributed by atoms with Gasteiger partial charge in [-0.1, -0.05) is 19.8 Å². The van der Waals surface area contributed by atoms with Gasteiger partial charge in [-0.15, -0.1) is 0 Å². The second kappa shape index (κ2) is 7.90. The number of ether oxygens (including phenoxy) is 1. The number of rotatable bonds is 7. The number of alkyl halides is 1. The number of carbonyl (C=O) groups excluding carboxylic acids is 1. The summed E-state index contributed by atoms with van der Waals surface area (Å²) in [5.41, 5.74) is 0. The van der Waals surface area contributed by atoms with Crippen molar-refractivity contribution in [2.75, 3.05) is 7.11 Å². The van der Waals surface area contributed by atoms with E-state index in [2.05, 4.69) is 10.1 Å². The van der Waals surface area contributed by atoms with Crippen LogP contribution in [0.25, 0.3) is 0 Å². The Labute approximate surface area is 94.0 Å². The summed E-state index contributed by atoms with van der Waals surface area (Å²) in [7, 11) is 1.12. The molecule has 2 N–H and O–H groups in total. The van der Waals surface area contributed by atoms with Gasteiger partial charge >= 0.3 is 12.1 Å². The monoisotopic (exact) mass is 235 g/mol. The Morgan fingerprint density at radius 1 is 1.50 bits per heavy atom. The normalized spacial score (nSPS) is 13.9. The Morgan fingerprint density at radius 3 is 2.56 bits per heavy atom. The van der Waals surface area contributed by atoms with Gasteiger partial charge in [0, 0.05) is 6.42 Å². The Hall–Kier alpha value is -1.33. The highest BCUT2D eigenvalue weighted by atomic mass is 19.1. The Bertz CT molecular complexity index is 235. The van der Waals surface area contributed by atoms with Gasteiger partial charge in [-0.2, -0.15) is 0 Å². The molecule has 0 aromatic heterocycles. The zero-order valence-electron chi connectivity index (χ0n) is 9.53. The molecule has 0 spiro atoms. The molecule has 6 heteroatoms. The van der Waals surface area contributed by atoms with E-state index in [1.807, 2.05) is 6.92 Å². The summed E-state index contributed by atoms with van der Waals surface area (Å²) in [5, 5.41) is 10.8. The van der Waals surface area contributed by atoms with E-state index in [0.29, 0.717) is 12.8 Å². The first kappa shape index (κ1) is 14.7. The van der Waals surface area contributed by atoms with E-state index in [-0.39, 0.29) is 6.42 Å². The first-order valence-corrected chi connectivity index (χ1v) is 5.22. The first-order chi connectivity index (χ1) is 7.51. The lowest BCUT2D eigenvalue weighted by molar-refractivity contribution is -0.139. The summed E-state index contributed by atoms with van der Waals surface area (Å²) in [6.45, 7) is 1.92. The molecule has 0 saturated heterocycles. The van der Waals surface area contributed by atoms with Crippen LogP contribution in [0.15, 0.2) is 0 Å². The number of carbonyl (C=O) groups is 2. The van der Waals surface area contributed by atoms with E-state index >= 15 is 0 Å². The minimum atomic E-state index is -1.26. The van der Waals surface area contributed by atoms with E-state index in [4.69, 9.17) is 5.11 Å². The van der Waals surface area contributed by atoms with Crippen molar-refractivity contribution in [2.24, 2.45) is 0 Å². The number of hydrogen-bond acceptors (Lipinski definition) is 3. The first-order valence-electron chi connectivity index (χ1n) is 5.22. The van der Waals surface area contributed by atoms with Gasteiger partial charge in [0.25, 0.3) is 0 Å². The number of nitrogens with one attached hydrogen (secondary N) is 1. The zero-order chi connectivity index (χ0) is 12.6. The van der Waals surface area contributed by atoms with E-state index in [0.717, 1.165) is 13.5 Å². The molecule has 0 aliphatic heterocycles. The molecule has 0 fully saturated rings. The van der Waals surface area contributed by atoms with E-state index < -0.39 is 24.3 Å².